The molecule has 0 atom stereocenters. The third kappa shape index (κ3) is 4.87. The van der Waals surface area contributed by atoms with Crippen LogP contribution in [0.2, 0.25) is 5.02 Å². The average molecular weight is 407 g/mol. The van der Waals surface area contributed by atoms with Crippen molar-refractivity contribution < 1.29 is 9.18 Å². The molecule has 0 aliphatic heterocycles. The van der Waals surface area contributed by atoms with E-state index in [1.54, 1.807) is 6.07 Å². The third-order valence-electron chi connectivity index (χ3n) is 3.14. The normalized spacial score (nSPS) is 11.0. The molecule has 3 rings (SSSR count). The number of rotatable bonds is 6. The molecule has 0 spiro atoms. The Hall–Kier alpha value is -2.29. The maximum atomic E-state index is 13.6. The van der Waals surface area contributed by atoms with Crippen LogP contribution in [0.15, 0.2) is 58.0 Å². The van der Waals surface area contributed by atoms with Crippen LogP contribution >= 0.6 is 34.7 Å². The number of carbonyl (C=O) groups excluding carboxylic acids is 1. The van der Waals surface area contributed by atoms with Crippen molar-refractivity contribution in [3.63, 3.8) is 0 Å². The maximum absolute atomic E-state index is 13.6. The fourth-order valence-electron chi connectivity index (χ4n) is 1.93. The van der Waals surface area contributed by atoms with Gasteiger partial charge in [-0.15, -0.1) is 10.2 Å². The second kappa shape index (κ2) is 8.88. The molecule has 9 heteroatoms. The van der Waals surface area contributed by atoms with Crippen molar-refractivity contribution in [3.8, 4) is 10.6 Å². The van der Waals surface area contributed by atoms with Crippen molar-refractivity contribution in [2.45, 2.75) is 4.34 Å². The Morgan fingerprint density at radius 3 is 2.81 bits per heavy atom. The van der Waals surface area contributed by atoms with Crippen LogP contribution in [0.25, 0.3) is 10.6 Å². The Morgan fingerprint density at radius 2 is 2.04 bits per heavy atom. The predicted octanol–water partition coefficient (Wildman–Crippen LogP) is 4.24. The molecule has 0 saturated carbocycles. The first-order valence-corrected chi connectivity index (χ1v) is 9.59. The molecule has 1 aromatic heterocycles. The van der Waals surface area contributed by atoms with Crippen LogP contribution in [0.3, 0.4) is 0 Å². The molecule has 0 bridgehead atoms. The lowest BCUT2D eigenvalue weighted by atomic mass is 10.2. The van der Waals surface area contributed by atoms with E-state index in [0.29, 0.717) is 4.34 Å². The van der Waals surface area contributed by atoms with Crippen molar-refractivity contribution in [1.29, 1.82) is 0 Å². The highest BCUT2D eigenvalue weighted by molar-refractivity contribution is 8.01. The van der Waals surface area contributed by atoms with E-state index in [-0.39, 0.29) is 22.2 Å². The smallest absolute Gasteiger partial charge is 0.250 e. The monoisotopic (exact) mass is 406 g/mol. The van der Waals surface area contributed by atoms with E-state index in [9.17, 15) is 9.18 Å². The van der Waals surface area contributed by atoms with Crippen molar-refractivity contribution >= 4 is 46.8 Å². The van der Waals surface area contributed by atoms with Crippen LogP contribution in [0.1, 0.15) is 5.56 Å². The highest BCUT2D eigenvalue weighted by atomic mass is 35.5. The highest BCUT2D eigenvalue weighted by Gasteiger charge is 2.09. The number of nitrogens with one attached hydrogen (secondary N) is 1. The largest absolute Gasteiger partial charge is 0.272 e. The van der Waals surface area contributed by atoms with Crippen molar-refractivity contribution in [3.05, 3.63) is 64.9 Å². The van der Waals surface area contributed by atoms with Gasteiger partial charge in [0.15, 0.2) is 4.34 Å². The van der Waals surface area contributed by atoms with E-state index in [1.165, 1.54) is 41.4 Å². The number of halogens is 2. The van der Waals surface area contributed by atoms with Crippen LogP contribution in [-0.4, -0.2) is 28.1 Å². The molecule has 3 aromatic rings. The van der Waals surface area contributed by atoms with E-state index in [2.05, 4.69) is 20.7 Å². The Kier molecular flexibility index (Phi) is 6.32. The van der Waals surface area contributed by atoms with Gasteiger partial charge >= 0.3 is 0 Å². The molecule has 0 unspecified atom stereocenters. The molecule has 0 aliphatic rings. The van der Waals surface area contributed by atoms with Gasteiger partial charge in [0.1, 0.15) is 10.8 Å². The van der Waals surface area contributed by atoms with Gasteiger partial charge in [0, 0.05) is 11.1 Å². The standard InChI is InChI=1S/C17H12ClFN4OS2/c18-13-7-4-8-14(19)12(13)9-20-21-15(24)10-25-17-23-22-16(26-17)11-5-2-1-3-6-11/h1-9H,10H2,(H,21,24). The van der Waals surface area contributed by atoms with E-state index in [4.69, 9.17) is 11.6 Å². The van der Waals surface area contributed by atoms with E-state index in [0.717, 1.165) is 10.6 Å². The lowest BCUT2D eigenvalue weighted by Gasteiger charge is -2.00. The second-order valence-electron chi connectivity index (χ2n) is 4.96. The lowest BCUT2D eigenvalue weighted by Crippen LogP contribution is -2.19. The van der Waals surface area contributed by atoms with Gasteiger partial charge in [-0.1, -0.05) is 71.1 Å². The quantitative estimate of drug-likeness (QED) is 0.377. The first-order valence-electron chi connectivity index (χ1n) is 7.41. The molecule has 5 nitrogen and oxygen atoms in total. The predicted molar refractivity (Wildman–Crippen MR) is 103 cm³/mol. The van der Waals surface area contributed by atoms with Gasteiger partial charge < -0.3 is 0 Å². The van der Waals surface area contributed by atoms with Crippen molar-refractivity contribution in [2.75, 3.05) is 5.75 Å². The first kappa shape index (κ1) is 18.5. The Labute approximate surface area is 162 Å². The van der Waals surface area contributed by atoms with Crippen LogP contribution < -0.4 is 5.43 Å². The zero-order valence-electron chi connectivity index (χ0n) is 13.2. The van der Waals surface area contributed by atoms with Crippen molar-refractivity contribution in [2.24, 2.45) is 5.10 Å². The summed E-state index contributed by atoms with van der Waals surface area (Å²) >= 11 is 8.54. The summed E-state index contributed by atoms with van der Waals surface area (Å²) in [5.74, 6) is -0.728. The number of nitrogens with zero attached hydrogens (tertiary/aromatic N) is 3. The minimum atomic E-state index is -0.507. The summed E-state index contributed by atoms with van der Waals surface area (Å²) in [6, 6.07) is 14.0. The second-order valence-corrected chi connectivity index (χ2v) is 7.56. The maximum Gasteiger partial charge on any atom is 0.250 e. The Bertz CT molecular complexity index is 913. The summed E-state index contributed by atoms with van der Waals surface area (Å²) < 4.78 is 14.3. The fourth-order valence-corrected chi connectivity index (χ4v) is 3.79. The molecule has 1 N–H and O–H groups in total. The molecular weight excluding hydrogens is 395 g/mol. The summed E-state index contributed by atoms with van der Waals surface area (Å²) in [5, 5.41) is 12.9. The fraction of sp³-hybridized carbons (Fsp3) is 0.0588. The zero-order valence-corrected chi connectivity index (χ0v) is 15.6. The molecule has 1 heterocycles. The van der Waals surface area contributed by atoms with Gasteiger partial charge in [0.25, 0.3) is 5.91 Å². The summed E-state index contributed by atoms with van der Waals surface area (Å²) in [4.78, 5) is 11.8. The van der Waals surface area contributed by atoms with Crippen LogP contribution in [0.4, 0.5) is 4.39 Å². The minimum Gasteiger partial charge on any atom is -0.272 e. The summed E-state index contributed by atoms with van der Waals surface area (Å²) in [6.07, 6.45) is 1.18. The van der Waals surface area contributed by atoms with Gasteiger partial charge in [-0.2, -0.15) is 5.10 Å². The van der Waals surface area contributed by atoms with E-state index < -0.39 is 5.82 Å². The number of carbonyl (C=O) groups is 1. The first-order chi connectivity index (χ1) is 12.6. The molecule has 1 amide bonds. The topological polar surface area (TPSA) is 67.2 Å². The van der Waals surface area contributed by atoms with Gasteiger partial charge in [-0.3, -0.25) is 4.79 Å². The Morgan fingerprint density at radius 1 is 1.23 bits per heavy atom. The van der Waals surface area contributed by atoms with Crippen LogP contribution in [-0.2, 0) is 4.79 Å². The van der Waals surface area contributed by atoms with E-state index in [1.807, 2.05) is 30.3 Å². The molecule has 0 fully saturated rings. The third-order valence-corrected chi connectivity index (χ3v) is 5.57. The summed E-state index contributed by atoms with van der Waals surface area (Å²) in [7, 11) is 0. The number of hydrogen-bond donors (Lipinski definition) is 1. The highest BCUT2D eigenvalue weighted by Crippen LogP contribution is 2.28. The molecule has 0 radical (unpaired) electrons. The Balaban J connectivity index is 1.52. The average Bonchev–Trinajstić information content (AvgIpc) is 3.12. The molecule has 132 valence electrons. The summed E-state index contributed by atoms with van der Waals surface area (Å²) in [6.45, 7) is 0. The van der Waals surface area contributed by atoms with E-state index >= 15 is 0 Å². The molecular formula is C17H12ClFN4OS2. The van der Waals surface area contributed by atoms with Gasteiger partial charge in [-0.05, 0) is 12.1 Å². The molecule has 2 aromatic carbocycles. The number of thioether (sulfide) groups is 1. The zero-order chi connectivity index (χ0) is 18.4. The summed E-state index contributed by atoms with van der Waals surface area (Å²) in [5.41, 5.74) is 3.44. The lowest BCUT2D eigenvalue weighted by molar-refractivity contribution is -0.118. The molecule has 0 saturated heterocycles. The molecule has 26 heavy (non-hydrogen) atoms. The number of benzene rings is 2. The van der Waals surface area contributed by atoms with Gasteiger partial charge in [0.05, 0.1) is 17.0 Å². The number of amides is 1. The van der Waals surface area contributed by atoms with Crippen LogP contribution in [0, 0.1) is 5.82 Å². The molecule has 0 aliphatic carbocycles. The van der Waals surface area contributed by atoms with Crippen molar-refractivity contribution in [1.82, 2.24) is 15.6 Å². The van der Waals surface area contributed by atoms with Gasteiger partial charge in [0.2, 0.25) is 0 Å². The number of aromatic nitrogens is 2. The SMILES string of the molecule is O=C(CSc1nnc(-c2ccccc2)s1)NN=Cc1c(F)cccc1Cl. The van der Waals surface area contributed by atoms with Crippen LogP contribution in [0.5, 0.6) is 0 Å². The number of hydrazone groups is 1. The number of hydrogen-bond acceptors (Lipinski definition) is 6. The minimum absolute atomic E-state index is 0.117. The van der Waals surface area contributed by atoms with Gasteiger partial charge in [-0.25, -0.2) is 9.82 Å².